The van der Waals surface area contributed by atoms with Crippen molar-refractivity contribution in [3.63, 3.8) is 0 Å². The fourth-order valence-corrected chi connectivity index (χ4v) is 3.49. The van der Waals surface area contributed by atoms with Crippen molar-refractivity contribution in [3.8, 4) is 11.5 Å². The number of hydrogen-bond acceptors (Lipinski definition) is 5. The highest BCUT2D eigenvalue weighted by Crippen LogP contribution is 2.34. The second-order valence-corrected chi connectivity index (χ2v) is 6.61. The predicted molar refractivity (Wildman–Crippen MR) is 110 cm³/mol. The largest absolute Gasteiger partial charge is 0.490 e. The lowest BCUT2D eigenvalue weighted by Gasteiger charge is -2.32. The molecule has 0 spiro atoms. The summed E-state index contributed by atoms with van der Waals surface area (Å²) < 4.78 is 13.2. The first-order chi connectivity index (χ1) is 13.1. The lowest BCUT2D eigenvalue weighted by molar-refractivity contribution is -0.134. The Bertz CT molecular complexity index is 809. The van der Waals surface area contributed by atoms with E-state index in [2.05, 4.69) is 16.5 Å². The number of rotatable bonds is 7. The molecule has 0 saturated heterocycles. The summed E-state index contributed by atoms with van der Waals surface area (Å²) in [7, 11) is 3.65. The van der Waals surface area contributed by atoms with Gasteiger partial charge in [0.05, 0.1) is 19.4 Å². The van der Waals surface area contributed by atoms with Gasteiger partial charge in [-0.25, -0.2) is 0 Å². The molecule has 0 saturated carbocycles. The number of halogens is 1. The van der Waals surface area contributed by atoms with Gasteiger partial charge in [0, 0.05) is 31.9 Å². The second-order valence-electron chi connectivity index (χ2n) is 6.61. The van der Waals surface area contributed by atoms with Crippen LogP contribution in [0.5, 0.6) is 11.5 Å². The van der Waals surface area contributed by atoms with Gasteiger partial charge in [0.2, 0.25) is 5.91 Å². The summed E-state index contributed by atoms with van der Waals surface area (Å²) in [6.45, 7) is 6.34. The molecule has 28 heavy (non-hydrogen) atoms. The monoisotopic (exact) mass is 408 g/mol. The molecule has 1 aromatic heterocycles. The Morgan fingerprint density at radius 2 is 1.86 bits per heavy atom. The van der Waals surface area contributed by atoms with E-state index in [-0.39, 0.29) is 18.3 Å². The Labute approximate surface area is 172 Å². The number of hydrogen-bond donors (Lipinski definition) is 1. The molecule has 0 radical (unpaired) electrons. The first-order valence-corrected chi connectivity index (χ1v) is 9.43. The highest BCUT2D eigenvalue weighted by atomic mass is 35.5. The third kappa shape index (κ3) is 4.59. The summed E-state index contributed by atoms with van der Waals surface area (Å²) in [6, 6.07) is 3.68. The van der Waals surface area contributed by atoms with Crippen LogP contribution < -0.4 is 14.8 Å². The van der Waals surface area contributed by atoms with Crippen LogP contribution in [0.25, 0.3) is 0 Å². The SMILES string of the molecule is CCOc1cc2c(cc1OCC)CN(C(=O)C(NC)c1cnn(C)c1)CC2.Cl. The first-order valence-electron chi connectivity index (χ1n) is 9.43. The van der Waals surface area contributed by atoms with Crippen LogP contribution in [0.15, 0.2) is 24.5 Å². The van der Waals surface area contributed by atoms with Crippen molar-refractivity contribution in [1.82, 2.24) is 20.0 Å². The van der Waals surface area contributed by atoms with Gasteiger partial charge in [0.1, 0.15) is 6.04 Å². The highest BCUT2D eigenvalue weighted by molar-refractivity contribution is 5.85. The number of benzene rings is 1. The standard InChI is InChI=1S/C20H28N4O3.ClH/c1-5-26-17-9-14-7-8-24(13-15(14)10-18(17)27-6-2)20(25)19(21-3)16-11-22-23(4)12-16;/h9-12,19,21H,5-8,13H2,1-4H3;1H. The third-order valence-electron chi connectivity index (χ3n) is 4.78. The molecule has 154 valence electrons. The van der Waals surface area contributed by atoms with E-state index in [1.165, 1.54) is 5.56 Å². The third-order valence-corrected chi connectivity index (χ3v) is 4.78. The summed E-state index contributed by atoms with van der Waals surface area (Å²) >= 11 is 0. The number of carbonyl (C=O) groups excluding carboxylic acids is 1. The van der Waals surface area contributed by atoms with E-state index >= 15 is 0 Å². The predicted octanol–water partition coefficient (Wildman–Crippen LogP) is 2.48. The summed E-state index contributed by atoms with van der Waals surface area (Å²) in [4.78, 5) is 15.0. The van der Waals surface area contributed by atoms with Gasteiger partial charge in [-0.15, -0.1) is 12.4 Å². The summed E-state index contributed by atoms with van der Waals surface area (Å²) in [6.07, 6.45) is 4.41. The zero-order valence-electron chi connectivity index (χ0n) is 16.9. The van der Waals surface area contributed by atoms with Crippen molar-refractivity contribution in [2.75, 3.05) is 26.8 Å². The maximum absolute atomic E-state index is 13.1. The minimum atomic E-state index is -0.394. The topological polar surface area (TPSA) is 68.6 Å². The van der Waals surface area contributed by atoms with Crippen LogP contribution in [0.3, 0.4) is 0 Å². The number of ether oxygens (including phenoxy) is 2. The van der Waals surface area contributed by atoms with Gasteiger partial charge in [-0.1, -0.05) is 0 Å². The fourth-order valence-electron chi connectivity index (χ4n) is 3.49. The van der Waals surface area contributed by atoms with E-state index < -0.39 is 6.04 Å². The number of aromatic nitrogens is 2. The Kier molecular flexibility index (Phi) is 7.71. The molecule has 1 N–H and O–H groups in total. The number of amides is 1. The van der Waals surface area contributed by atoms with Gasteiger partial charge in [-0.05, 0) is 50.6 Å². The second kappa shape index (κ2) is 9.80. The molecule has 1 aromatic carbocycles. The molecule has 0 bridgehead atoms. The van der Waals surface area contributed by atoms with E-state index in [0.717, 1.165) is 29.0 Å². The van der Waals surface area contributed by atoms with Crippen LogP contribution in [-0.4, -0.2) is 47.4 Å². The Morgan fingerprint density at radius 3 is 2.39 bits per heavy atom. The van der Waals surface area contributed by atoms with Crippen LogP contribution in [0, 0.1) is 0 Å². The number of nitrogens with one attached hydrogen (secondary N) is 1. The molecule has 1 atom stereocenters. The number of carbonyl (C=O) groups is 1. The number of nitrogens with zero attached hydrogens (tertiary/aromatic N) is 3. The van der Waals surface area contributed by atoms with E-state index in [1.54, 1.807) is 17.9 Å². The lowest BCUT2D eigenvalue weighted by Crippen LogP contribution is -2.42. The van der Waals surface area contributed by atoms with E-state index in [4.69, 9.17) is 9.47 Å². The molecule has 1 amide bonds. The van der Waals surface area contributed by atoms with Gasteiger partial charge in [-0.3, -0.25) is 9.48 Å². The maximum Gasteiger partial charge on any atom is 0.244 e. The van der Waals surface area contributed by atoms with Crippen molar-refractivity contribution in [1.29, 1.82) is 0 Å². The molecule has 1 unspecified atom stereocenters. The van der Waals surface area contributed by atoms with Gasteiger partial charge >= 0.3 is 0 Å². The quantitative estimate of drug-likeness (QED) is 0.762. The Morgan fingerprint density at radius 1 is 1.21 bits per heavy atom. The molecule has 1 aliphatic heterocycles. The molecule has 0 aliphatic carbocycles. The van der Waals surface area contributed by atoms with Crippen molar-refractivity contribution in [2.45, 2.75) is 32.9 Å². The Hall–Kier alpha value is -2.25. The number of likely N-dealkylation sites (N-methyl/N-ethyl adjacent to an activating group) is 1. The van der Waals surface area contributed by atoms with Gasteiger partial charge < -0.3 is 19.7 Å². The molecule has 0 fully saturated rings. The van der Waals surface area contributed by atoms with Crippen molar-refractivity contribution >= 4 is 18.3 Å². The van der Waals surface area contributed by atoms with Crippen LogP contribution >= 0.6 is 12.4 Å². The van der Waals surface area contributed by atoms with Crippen LogP contribution in [0.1, 0.15) is 36.6 Å². The maximum atomic E-state index is 13.1. The molecule has 3 rings (SSSR count). The van der Waals surface area contributed by atoms with Crippen molar-refractivity contribution < 1.29 is 14.3 Å². The summed E-state index contributed by atoms with van der Waals surface area (Å²) in [5.41, 5.74) is 3.20. The highest BCUT2D eigenvalue weighted by Gasteiger charge is 2.29. The molecule has 1 aliphatic rings. The Balaban J connectivity index is 0.00000280. The summed E-state index contributed by atoms with van der Waals surface area (Å²) in [5.74, 6) is 1.58. The zero-order valence-corrected chi connectivity index (χ0v) is 17.7. The van der Waals surface area contributed by atoms with Crippen LogP contribution in [-0.2, 0) is 24.8 Å². The molecule has 7 nitrogen and oxygen atoms in total. The van der Waals surface area contributed by atoms with Gasteiger partial charge in [0.15, 0.2) is 11.5 Å². The number of fused-ring (bicyclic) bond motifs is 1. The minimum Gasteiger partial charge on any atom is -0.490 e. The van der Waals surface area contributed by atoms with E-state index in [0.29, 0.717) is 26.3 Å². The molecule has 2 aromatic rings. The lowest BCUT2D eigenvalue weighted by atomic mass is 9.97. The van der Waals surface area contributed by atoms with Gasteiger partial charge in [-0.2, -0.15) is 5.10 Å². The smallest absolute Gasteiger partial charge is 0.244 e. The van der Waals surface area contributed by atoms with E-state index in [1.807, 2.05) is 38.1 Å². The van der Waals surface area contributed by atoms with E-state index in [9.17, 15) is 4.79 Å². The van der Waals surface area contributed by atoms with Crippen molar-refractivity contribution in [3.05, 3.63) is 41.2 Å². The summed E-state index contributed by atoms with van der Waals surface area (Å²) in [5, 5.41) is 7.30. The first kappa shape index (κ1) is 22.0. The normalized spacial score (nSPS) is 14.1. The zero-order chi connectivity index (χ0) is 19.4. The molecule has 8 heteroatoms. The average Bonchev–Trinajstić information content (AvgIpc) is 3.08. The van der Waals surface area contributed by atoms with Crippen LogP contribution in [0.4, 0.5) is 0 Å². The minimum absolute atomic E-state index is 0. The fraction of sp³-hybridized carbons (Fsp3) is 0.500. The van der Waals surface area contributed by atoms with Crippen molar-refractivity contribution in [2.24, 2.45) is 7.05 Å². The molecule has 2 heterocycles. The molecular weight excluding hydrogens is 380 g/mol. The van der Waals surface area contributed by atoms with Crippen LogP contribution in [0.2, 0.25) is 0 Å². The molecular formula is C20H29ClN4O3. The number of aryl methyl sites for hydroxylation is 1. The average molecular weight is 409 g/mol. The van der Waals surface area contributed by atoms with Gasteiger partial charge in [0.25, 0.3) is 0 Å².